The van der Waals surface area contributed by atoms with Gasteiger partial charge in [-0.2, -0.15) is 0 Å². The maximum Gasteiger partial charge on any atom is 0.211 e. The summed E-state index contributed by atoms with van der Waals surface area (Å²) in [6.07, 6.45) is 1.32. The quantitative estimate of drug-likeness (QED) is 0.564. The minimum absolute atomic E-state index is 0.258. The van der Waals surface area contributed by atoms with Crippen molar-refractivity contribution < 1.29 is 13.9 Å². The molecule has 2 fully saturated rings. The standard InChI is InChI=1S/C11H19FINO2/c1-9(13)16-8-11(2-3-11)7-14-4-5-15-10(12)6-14/h9-10H,2-8H2,1H3/t9?,10-/m0/s1. The second-order valence-corrected chi connectivity index (χ2v) is 6.62. The number of hydrogen-bond acceptors (Lipinski definition) is 3. The molecule has 1 saturated heterocycles. The first kappa shape index (κ1) is 13.0. The minimum Gasteiger partial charge on any atom is -0.368 e. The van der Waals surface area contributed by atoms with Crippen LogP contribution in [0.4, 0.5) is 4.39 Å². The van der Waals surface area contributed by atoms with Crippen LogP contribution >= 0.6 is 22.6 Å². The molecule has 16 heavy (non-hydrogen) atoms. The summed E-state index contributed by atoms with van der Waals surface area (Å²) < 4.78 is 23.9. The summed E-state index contributed by atoms with van der Waals surface area (Å²) in [5.74, 6) is 0. The van der Waals surface area contributed by atoms with E-state index in [2.05, 4.69) is 27.5 Å². The van der Waals surface area contributed by atoms with Gasteiger partial charge in [-0.25, -0.2) is 4.39 Å². The first-order chi connectivity index (χ1) is 7.60. The largest absolute Gasteiger partial charge is 0.368 e. The van der Waals surface area contributed by atoms with Gasteiger partial charge in [0.2, 0.25) is 6.36 Å². The zero-order valence-electron chi connectivity index (χ0n) is 9.62. The SMILES string of the molecule is CC(I)OCC1(CN2CCO[C@H](F)C2)CC1. The maximum absolute atomic E-state index is 13.0. The highest BCUT2D eigenvalue weighted by molar-refractivity contribution is 14.1. The molecule has 0 aromatic carbocycles. The van der Waals surface area contributed by atoms with Gasteiger partial charge in [-0.3, -0.25) is 4.90 Å². The maximum atomic E-state index is 13.0. The third kappa shape index (κ3) is 3.78. The molecule has 0 bridgehead atoms. The van der Waals surface area contributed by atoms with Crippen molar-refractivity contribution in [2.24, 2.45) is 5.41 Å². The summed E-state index contributed by atoms with van der Waals surface area (Å²) >= 11 is 2.27. The normalized spacial score (nSPS) is 31.3. The molecule has 0 amide bonds. The van der Waals surface area contributed by atoms with Crippen molar-refractivity contribution in [3.8, 4) is 0 Å². The van der Waals surface area contributed by atoms with Crippen LogP contribution in [-0.2, 0) is 9.47 Å². The number of rotatable bonds is 5. The number of halogens is 2. The summed E-state index contributed by atoms with van der Waals surface area (Å²) in [5, 5.41) is 0. The Morgan fingerprint density at radius 2 is 2.38 bits per heavy atom. The molecule has 94 valence electrons. The van der Waals surface area contributed by atoms with Crippen molar-refractivity contribution in [1.82, 2.24) is 4.90 Å². The van der Waals surface area contributed by atoms with E-state index in [4.69, 9.17) is 9.47 Å². The molecule has 1 heterocycles. The van der Waals surface area contributed by atoms with Crippen LogP contribution in [0.15, 0.2) is 0 Å². The predicted molar refractivity (Wildman–Crippen MR) is 68.4 cm³/mol. The van der Waals surface area contributed by atoms with Gasteiger partial charge < -0.3 is 9.47 Å². The molecule has 1 aliphatic heterocycles. The van der Waals surface area contributed by atoms with E-state index in [-0.39, 0.29) is 4.11 Å². The predicted octanol–water partition coefficient (Wildman–Crippen LogP) is 2.19. The third-order valence-electron chi connectivity index (χ3n) is 3.24. The van der Waals surface area contributed by atoms with Crippen LogP contribution in [0.1, 0.15) is 19.8 Å². The number of nitrogens with zero attached hydrogens (tertiary/aromatic N) is 1. The van der Waals surface area contributed by atoms with Crippen molar-refractivity contribution in [3.63, 3.8) is 0 Å². The summed E-state index contributed by atoms with van der Waals surface area (Å²) in [6, 6.07) is 0. The van der Waals surface area contributed by atoms with Gasteiger partial charge in [-0.15, -0.1) is 0 Å². The van der Waals surface area contributed by atoms with Crippen LogP contribution in [-0.4, -0.2) is 48.2 Å². The van der Waals surface area contributed by atoms with Crippen molar-refractivity contribution in [1.29, 1.82) is 0 Å². The van der Waals surface area contributed by atoms with Gasteiger partial charge in [0.25, 0.3) is 0 Å². The monoisotopic (exact) mass is 343 g/mol. The van der Waals surface area contributed by atoms with Gasteiger partial charge in [0, 0.05) is 18.5 Å². The Balaban J connectivity index is 1.75. The lowest BCUT2D eigenvalue weighted by atomic mass is 10.1. The molecule has 0 radical (unpaired) electrons. The second-order valence-electron chi connectivity index (χ2n) is 4.87. The fourth-order valence-electron chi connectivity index (χ4n) is 2.09. The highest BCUT2D eigenvalue weighted by atomic mass is 127. The molecule has 2 rings (SSSR count). The molecule has 3 nitrogen and oxygen atoms in total. The zero-order valence-corrected chi connectivity index (χ0v) is 11.8. The Morgan fingerprint density at radius 1 is 1.62 bits per heavy atom. The van der Waals surface area contributed by atoms with Gasteiger partial charge in [0.15, 0.2) is 0 Å². The fourth-order valence-corrected chi connectivity index (χ4v) is 2.27. The first-order valence-electron chi connectivity index (χ1n) is 5.83. The molecular formula is C11H19FINO2. The van der Waals surface area contributed by atoms with Gasteiger partial charge in [-0.05, 0) is 19.8 Å². The van der Waals surface area contributed by atoms with E-state index in [0.29, 0.717) is 18.6 Å². The molecular weight excluding hydrogens is 324 g/mol. The lowest BCUT2D eigenvalue weighted by Gasteiger charge is -2.32. The van der Waals surface area contributed by atoms with E-state index in [1.54, 1.807) is 0 Å². The first-order valence-corrected chi connectivity index (χ1v) is 7.08. The minimum atomic E-state index is -1.10. The molecule has 2 atom stereocenters. The summed E-state index contributed by atoms with van der Waals surface area (Å²) in [6.45, 7) is 5.60. The van der Waals surface area contributed by atoms with Crippen molar-refractivity contribution >= 4 is 22.6 Å². The molecule has 1 saturated carbocycles. The lowest BCUT2D eigenvalue weighted by molar-refractivity contribution is -0.104. The van der Waals surface area contributed by atoms with Crippen LogP contribution < -0.4 is 0 Å². The summed E-state index contributed by atoms with van der Waals surface area (Å²) in [4.78, 5) is 2.17. The molecule has 1 unspecified atom stereocenters. The Kier molecular flexibility index (Phi) is 4.43. The van der Waals surface area contributed by atoms with Crippen molar-refractivity contribution in [3.05, 3.63) is 0 Å². The number of alkyl halides is 2. The molecule has 1 aliphatic carbocycles. The van der Waals surface area contributed by atoms with Crippen LogP contribution in [0.25, 0.3) is 0 Å². The smallest absolute Gasteiger partial charge is 0.211 e. The highest BCUT2D eigenvalue weighted by Gasteiger charge is 2.45. The van der Waals surface area contributed by atoms with E-state index in [1.165, 1.54) is 12.8 Å². The summed E-state index contributed by atoms with van der Waals surface area (Å²) in [7, 11) is 0. The van der Waals surface area contributed by atoms with E-state index in [0.717, 1.165) is 19.7 Å². The Hall–Kier alpha value is 0.540. The molecule has 0 aromatic rings. The average molecular weight is 343 g/mol. The zero-order chi connectivity index (χ0) is 11.6. The average Bonchev–Trinajstić information content (AvgIpc) is 2.96. The van der Waals surface area contributed by atoms with Crippen LogP contribution in [0.3, 0.4) is 0 Å². The lowest BCUT2D eigenvalue weighted by Crippen LogP contribution is -2.44. The molecule has 0 N–H and O–H groups in total. The third-order valence-corrected chi connectivity index (χ3v) is 3.60. The molecule has 2 aliphatic rings. The van der Waals surface area contributed by atoms with Gasteiger partial charge in [0.1, 0.15) is 4.11 Å². The van der Waals surface area contributed by atoms with E-state index >= 15 is 0 Å². The van der Waals surface area contributed by atoms with E-state index in [1.807, 2.05) is 6.92 Å². The van der Waals surface area contributed by atoms with Gasteiger partial charge in [0.05, 0.1) is 19.8 Å². The van der Waals surface area contributed by atoms with Crippen LogP contribution in [0, 0.1) is 5.41 Å². The molecule has 0 aromatic heterocycles. The van der Waals surface area contributed by atoms with Crippen molar-refractivity contribution in [2.45, 2.75) is 30.2 Å². The van der Waals surface area contributed by atoms with Crippen molar-refractivity contribution in [2.75, 3.05) is 32.8 Å². The van der Waals surface area contributed by atoms with E-state index < -0.39 is 6.36 Å². The number of hydrogen-bond donors (Lipinski definition) is 0. The molecule has 5 heteroatoms. The Morgan fingerprint density at radius 3 is 2.94 bits per heavy atom. The van der Waals surface area contributed by atoms with Gasteiger partial charge >= 0.3 is 0 Å². The Bertz CT molecular complexity index is 236. The topological polar surface area (TPSA) is 21.7 Å². The fraction of sp³-hybridized carbons (Fsp3) is 1.00. The van der Waals surface area contributed by atoms with E-state index in [9.17, 15) is 4.39 Å². The van der Waals surface area contributed by atoms with Gasteiger partial charge in [-0.1, -0.05) is 22.6 Å². The molecule has 0 spiro atoms. The second kappa shape index (κ2) is 5.46. The van der Waals surface area contributed by atoms with Crippen LogP contribution in [0.5, 0.6) is 0 Å². The number of morpholine rings is 1. The summed E-state index contributed by atoms with van der Waals surface area (Å²) in [5.41, 5.74) is 0.302. The Labute approximate surface area is 110 Å². The number of ether oxygens (including phenoxy) is 2. The van der Waals surface area contributed by atoms with Crippen LogP contribution in [0.2, 0.25) is 0 Å². The highest BCUT2D eigenvalue weighted by Crippen LogP contribution is 2.47.